The molecule has 0 aliphatic rings. The Bertz CT molecular complexity index is 291. The van der Waals surface area contributed by atoms with E-state index in [4.69, 9.17) is 17.3 Å². The summed E-state index contributed by atoms with van der Waals surface area (Å²) in [6, 6.07) is 6.31. The zero-order valence-electron chi connectivity index (χ0n) is 7.97. The summed E-state index contributed by atoms with van der Waals surface area (Å²) in [5.41, 5.74) is 8.23. The minimum Gasteiger partial charge on any atom is -0.326 e. The standard InChI is InChI=1S/C10H13BrClN.ClH/c1-7-2-3-8(10(11)4-7)5-9(13)6-12;/h2-4,9H,5-6,13H2,1H3;1H. The first-order chi connectivity index (χ1) is 6.13. The lowest BCUT2D eigenvalue weighted by atomic mass is 10.1. The van der Waals surface area contributed by atoms with Gasteiger partial charge in [0.15, 0.2) is 0 Å². The van der Waals surface area contributed by atoms with E-state index in [0.717, 1.165) is 10.9 Å². The highest BCUT2D eigenvalue weighted by Gasteiger charge is 2.05. The highest BCUT2D eigenvalue weighted by atomic mass is 79.9. The molecule has 1 aromatic carbocycles. The highest BCUT2D eigenvalue weighted by molar-refractivity contribution is 9.10. The first kappa shape index (κ1) is 14.2. The Morgan fingerprint density at radius 1 is 1.50 bits per heavy atom. The van der Waals surface area contributed by atoms with Crippen molar-refractivity contribution in [1.29, 1.82) is 0 Å². The van der Waals surface area contributed by atoms with Crippen LogP contribution < -0.4 is 5.73 Å². The van der Waals surface area contributed by atoms with Crippen LogP contribution in [0.4, 0.5) is 0 Å². The third-order valence-electron chi connectivity index (χ3n) is 1.89. The third-order valence-corrected chi connectivity index (χ3v) is 3.02. The normalized spacial score (nSPS) is 12.0. The van der Waals surface area contributed by atoms with E-state index in [1.807, 2.05) is 0 Å². The van der Waals surface area contributed by atoms with Crippen LogP contribution in [-0.4, -0.2) is 11.9 Å². The molecule has 0 spiro atoms. The van der Waals surface area contributed by atoms with Crippen molar-refractivity contribution < 1.29 is 0 Å². The van der Waals surface area contributed by atoms with E-state index < -0.39 is 0 Å². The molecule has 0 aliphatic heterocycles. The second kappa shape index (κ2) is 6.67. The van der Waals surface area contributed by atoms with Gasteiger partial charge in [0.2, 0.25) is 0 Å². The molecule has 14 heavy (non-hydrogen) atoms. The van der Waals surface area contributed by atoms with E-state index in [2.05, 4.69) is 41.1 Å². The minimum atomic E-state index is 0. The van der Waals surface area contributed by atoms with Crippen LogP contribution in [-0.2, 0) is 6.42 Å². The molecule has 1 rings (SSSR count). The Hall–Kier alpha value is 0.240. The second-order valence-electron chi connectivity index (χ2n) is 3.21. The Kier molecular flexibility index (Phi) is 6.79. The molecule has 1 atom stereocenters. The molecule has 0 saturated heterocycles. The van der Waals surface area contributed by atoms with E-state index in [9.17, 15) is 0 Å². The molecule has 0 amide bonds. The lowest BCUT2D eigenvalue weighted by Gasteiger charge is -2.09. The summed E-state index contributed by atoms with van der Waals surface area (Å²) >= 11 is 9.15. The predicted molar refractivity (Wildman–Crippen MR) is 68.5 cm³/mol. The van der Waals surface area contributed by atoms with Gasteiger partial charge in [-0.1, -0.05) is 28.1 Å². The van der Waals surface area contributed by atoms with Crippen LogP contribution in [0.1, 0.15) is 11.1 Å². The summed E-state index contributed by atoms with van der Waals surface area (Å²) in [6.45, 7) is 2.07. The van der Waals surface area contributed by atoms with E-state index in [1.54, 1.807) is 0 Å². The molecular weight excluding hydrogens is 285 g/mol. The second-order valence-corrected chi connectivity index (χ2v) is 4.38. The summed E-state index contributed by atoms with van der Waals surface area (Å²) in [4.78, 5) is 0. The van der Waals surface area contributed by atoms with Crippen LogP contribution in [0, 0.1) is 6.92 Å². The molecule has 1 unspecified atom stereocenters. The van der Waals surface area contributed by atoms with Crippen molar-refractivity contribution in [3.05, 3.63) is 33.8 Å². The zero-order valence-corrected chi connectivity index (χ0v) is 11.1. The van der Waals surface area contributed by atoms with Crippen molar-refractivity contribution in [2.75, 3.05) is 5.88 Å². The van der Waals surface area contributed by atoms with Crippen molar-refractivity contribution in [3.63, 3.8) is 0 Å². The molecule has 2 N–H and O–H groups in total. The van der Waals surface area contributed by atoms with Gasteiger partial charge in [0, 0.05) is 16.4 Å². The fraction of sp³-hybridized carbons (Fsp3) is 0.400. The van der Waals surface area contributed by atoms with Crippen molar-refractivity contribution >= 4 is 39.9 Å². The molecule has 1 aromatic rings. The molecule has 4 heteroatoms. The Morgan fingerprint density at radius 2 is 2.14 bits per heavy atom. The molecule has 0 heterocycles. The van der Waals surface area contributed by atoms with Gasteiger partial charge in [0.25, 0.3) is 0 Å². The Labute approximate surface area is 105 Å². The summed E-state index contributed by atoms with van der Waals surface area (Å²) in [7, 11) is 0. The predicted octanol–water partition coefficient (Wildman–Crippen LogP) is 3.29. The summed E-state index contributed by atoms with van der Waals surface area (Å²) in [6.07, 6.45) is 0.824. The lowest BCUT2D eigenvalue weighted by Crippen LogP contribution is -2.24. The molecule has 0 fully saturated rings. The van der Waals surface area contributed by atoms with Crippen molar-refractivity contribution in [2.45, 2.75) is 19.4 Å². The van der Waals surface area contributed by atoms with Crippen molar-refractivity contribution in [3.8, 4) is 0 Å². The highest BCUT2D eigenvalue weighted by Crippen LogP contribution is 2.19. The van der Waals surface area contributed by atoms with E-state index in [-0.39, 0.29) is 18.4 Å². The zero-order chi connectivity index (χ0) is 9.84. The van der Waals surface area contributed by atoms with Gasteiger partial charge < -0.3 is 5.73 Å². The number of hydrogen-bond acceptors (Lipinski definition) is 1. The summed E-state index contributed by atoms with van der Waals surface area (Å²) in [5, 5.41) is 0. The molecule has 0 aliphatic carbocycles. The molecule has 80 valence electrons. The fourth-order valence-electron chi connectivity index (χ4n) is 1.15. The van der Waals surface area contributed by atoms with Crippen LogP contribution in [0.15, 0.2) is 22.7 Å². The third kappa shape index (κ3) is 4.18. The number of halogens is 3. The number of benzene rings is 1. The van der Waals surface area contributed by atoms with Gasteiger partial charge in [0.1, 0.15) is 0 Å². The van der Waals surface area contributed by atoms with Crippen LogP contribution in [0.3, 0.4) is 0 Å². The monoisotopic (exact) mass is 297 g/mol. The number of alkyl halides is 1. The lowest BCUT2D eigenvalue weighted by molar-refractivity contribution is 0.742. The van der Waals surface area contributed by atoms with Gasteiger partial charge in [-0.25, -0.2) is 0 Å². The van der Waals surface area contributed by atoms with Gasteiger partial charge in [0.05, 0.1) is 0 Å². The van der Waals surface area contributed by atoms with Crippen LogP contribution >= 0.6 is 39.9 Å². The van der Waals surface area contributed by atoms with Gasteiger partial charge in [-0.3, -0.25) is 0 Å². The molecule has 0 aromatic heterocycles. The number of hydrogen-bond donors (Lipinski definition) is 1. The molecule has 1 nitrogen and oxygen atoms in total. The Morgan fingerprint density at radius 3 is 2.64 bits per heavy atom. The van der Waals surface area contributed by atoms with Gasteiger partial charge in [-0.05, 0) is 30.5 Å². The van der Waals surface area contributed by atoms with E-state index in [0.29, 0.717) is 5.88 Å². The quantitative estimate of drug-likeness (QED) is 0.852. The average Bonchev–Trinajstić information content (AvgIpc) is 2.09. The first-order valence-electron chi connectivity index (χ1n) is 4.20. The minimum absolute atomic E-state index is 0. The van der Waals surface area contributed by atoms with E-state index >= 15 is 0 Å². The van der Waals surface area contributed by atoms with Crippen molar-refractivity contribution in [2.24, 2.45) is 5.73 Å². The van der Waals surface area contributed by atoms with Gasteiger partial charge >= 0.3 is 0 Å². The average molecular weight is 299 g/mol. The number of aryl methyl sites for hydroxylation is 1. The maximum Gasteiger partial charge on any atom is 0.0378 e. The van der Waals surface area contributed by atoms with Crippen LogP contribution in [0.25, 0.3) is 0 Å². The molecule has 0 saturated carbocycles. The van der Waals surface area contributed by atoms with Gasteiger partial charge in [-0.2, -0.15) is 0 Å². The summed E-state index contributed by atoms with van der Waals surface area (Å²) < 4.78 is 1.12. The molecular formula is C10H14BrCl2N. The SMILES string of the molecule is Cc1ccc(CC(N)CCl)c(Br)c1.Cl. The molecule has 0 bridgehead atoms. The number of rotatable bonds is 3. The molecule has 0 radical (unpaired) electrons. The topological polar surface area (TPSA) is 26.0 Å². The fourth-order valence-corrected chi connectivity index (χ4v) is 1.92. The smallest absolute Gasteiger partial charge is 0.0378 e. The van der Waals surface area contributed by atoms with E-state index in [1.165, 1.54) is 11.1 Å². The van der Waals surface area contributed by atoms with Crippen LogP contribution in [0.2, 0.25) is 0 Å². The maximum atomic E-state index is 5.76. The first-order valence-corrected chi connectivity index (χ1v) is 5.53. The van der Waals surface area contributed by atoms with Crippen molar-refractivity contribution in [1.82, 2.24) is 0 Å². The largest absolute Gasteiger partial charge is 0.326 e. The maximum absolute atomic E-state index is 5.76. The Balaban J connectivity index is 0.00000169. The van der Waals surface area contributed by atoms with Crippen LogP contribution in [0.5, 0.6) is 0 Å². The summed E-state index contributed by atoms with van der Waals surface area (Å²) in [5.74, 6) is 0.500. The number of nitrogens with two attached hydrogens (primary N) is 1. The van der Waals surface area contributed by atoms with Gasteiger partial charge in [-0.15, -0.1) is 24.0 Å².